The van der Waals surface area contributed by atoms with Gasteiger partial charge in [0.15, 0.2) is 0 Å². The van der Waals surface area contributed by atoms with Gasteiger partial charge in [-0.1, -0.05) is 43.4 Å². The highest BCUT2D eigenvalue weighted by Crippen LogP contribution is 2.33. The van der Waals surface area contributed by atoms with Gasteiger partial charge in [-0.2, -0.15) is 0 Å². The van der Waals surface area contributed by atoms with E-state index in [0.717, 1.165) is 17.7 Å². The minimum absolute atomic E-state index is 0.173. The van der Waals surface area contributed by atoms with Gasteiger partial charge in [0, 0.05) is 10.6 Å². The molecule has 1 aliphatic heterocycles. The number of nitrogens with zero attached hydrogens (tertiary/aromatic N) is 1. The molecule has 156 valence electrons. The van der Waals surface area contributed by atoms with Crippen LogP contribution in [0.25, 0.3) is 6.08 Å². The van der Waals surface area contributed by atoms with Crippen LogP contribution in [0.5, 0.6) is 0 Å². The van der Waals surface area contributed by atoms with Crippen LogP contribution < -0.4 is 5.32 Å². The molecule has 0 spiro atoms. The van der Waals surface area contributed by atoms with Gasteiger partial charge in [-0.3, -0.25) is 14.5 Å². The molecule has 3 rings (SSSR count). The lowest BCUT2D eigenvalue weighted by molar-refractivity contribution is -0.126. The van der Waals surface area contributed by atoms with E-state index in [0.29, 0.717) is 27.1 Å². The molecule has 1 fully saturated rings. The second-order valence-electron chi connectivity index (χ2n) is 6.40. The largest absolute Gasteiger partial charge is 0.462 e. The van der Waals surface area contributed by atoms with Crippen LogP contribution in [0.1, 0.15) is 35.0 Å². The van der Waals surface area contributed by atoms with Crippen LogP contribution in [0.15, 0.2) is 46.7 Å². The lowest BCUT2D eigenvalue weighted by Crippen LogP contribution is -2.36. The van der Waals surface area contributed by atoms with Crippen molar-refractivity contribution in [2.75, 3.05) is 18.5 Å². The SMILES string of the molecule is CCCCOC(=O)c1ccc(NC(=O)CN2C(=O)C(=Cc3cccs3)SC2=S)cc1. The van der Waals surface area contributed by atoms with E-state index in [9.17, 15) is 14.4 Å². The second-order valence-corrected chi connectivity index (χ2v) is 9.05. The first-order valence-electron chi connectivity index (χ1n) is 9.34. The predicted molar refractivity (Wildman–Crippen MR) is 124 cm³/mol. The van der Waals surface area contributed by atoms with E-state index in [2.05, 4.69) is 5.32 Å². The molecule has 1 aliphatic rings. The molecule has 30 heavy (non-hydrogen) atoms. The maximum atomic E-state index is 12.6. The van der Waals surface area contributed by atoms with E-state index in [1.165, 1.54) is 28.0 Å². The van der Waals surface area contributed by atoms with Crippen molar-refractivity contribution in [1.29, 1.82) is 0 Å². The number of hydrogen-bond acceptors (Lipinski definition) is 7. The van der Waals surface area contributed by atoms with Crippen molar-refractivity contribution in [2.24, 2.45) is 0 Å². The average Bonchev–Trinajstić information content (AvgIpc) is 3.33. The van der Waals surface area contributed by atoms with E-state index in [1.54, 1.807) is 30.3 Å². The van der Waals surface area contributed by atoms with Crippen molar-refractivity contribution in [3.8, 4) is 0 Å². The van der Waals surface area contributed by atoms with E-state index in [-0.39, 0.29) is 18.4 Å². The van der Waals surface area contributed by atoms with Gasteiger partial charge in [0.2, 0.25) is 5.91 Å². The fourth-order valence-corrected chi connectivity index (χ4v) is 4.54. The number of carbonyl (C=O) groups excluding carboxylic acids is 3. The van der Waals surface area contributed by atoms with Crippen LogP contribution in [0, 0.1) is 0 Å². The molecule has 0 radical (unpaired) electrons. The topological polar surface area (TPSA) is 75.7 Å². The van der Waals surface area contributed by atoms with Gasteiger partial charge in [-0.05, 0) is 48.2 Å². The van der Waals surface area contributed by atoms with Gasteiger partial charge in [-0.25, -0.2) is 4.79 Å². The smallest absolute Gasteiger partial charge is 0.338 e. The first kappa shape index (κ1) is 22.2. The number of thioether (sulfide) groups is 1. The average molecular weight is 461 g/mol. The van der Waals surface area contributed by atoms with Gasteiger partial charge in [-0.15, -0.1) is 11.3 Å². The quantitative estimate of drug-likeness (QED) is 0.270. The zero-order valence-electron chi connectivity index (χ0n) is 16.3. The first-order chi connectivity index (χ1) is 14.5. The molecule has 0 saturated carbocycles. The number of carbonyl (C=O) groups is 3. The number of hydrogen-bond donors (Lipinski definition) is 1. The summed E-state index contributed by atoms with van der Waals surface area (Å²) in [5.74, 6) is -1.04. The van der Waals surface area contributed by atoms with Gasteiger partial charge < -0.3 is 10.1 Å². The van der Waals surface area contributed by atoms with Crippen LogP contribution in [-0.4, -0.2) is 40.2 Å². The first-order valence-corrected chi connectivity index (χ1v) is 11.4. The van der Waals surface area contributed by atoms with Crippen molar-refractivity contribution in [3.05, 3.63) is 57.1 Å². The Morgan fingerprint density at radius 3 is 2.67 bits per heavy atom. The maximum absolute atomic E-state index is 12.6. The van der Waals surface area contributed by atoms with Crippen LogP contribution in [0.2, 0.25) is 0 Å². The highest BCUT2D eigenvalue weighted by atomic mass is 32.2. The molecule has 1 N–H and O–H groups in total. The number of esters is 1. The second kappa shape index (κ2) is 10.5. The summed E-state index contributed by atoms with van der Waals surface area (Å²) in [5, 5.41) is 4.64. The van der Waals surface area contributed by atoms with Crippen LogP contribution in [-0.2, 0) is 14.3 Å². The number of rotatable bonds is 8. The molecule has 2 amide bonds. The van der Waals surface area contributed by atoms with Crippen molar-refractivity contribution in [2.45, 2.75) is 19.8 Å². The van der Waals surface area contributed by atoms with Crippen molar-refractivity contribution in [3.63, 3.8) is 0 Å². The van der Waals surface area contributed by atoms with E-state index in [4.69, 9.17) is 17.0 Å². The third-order valence-electron chi connectivity index (χ3n) is 4.13. The Hall–Kier alpha value is -2.49. The Morgan fingerprint density at radius 1 is 1.23 bits per heavy atom. The summed E-state index contributed by atoms with van der Waals surface area (Å²) in [6.07, 6.45) is 3.55. The molecule has 0 bridgehead atoms. The Balaban J connectivity index is 1.56. The van der Waals surface area contributed by atoms with Crippen molar-refractivity contribution < 1.29 is 19.1 Å². The third-order valence-corrected chi connectivity index (χ3v) is 6.32. The molecule has 9 heteroatoms. The molecule has 0 unspecified atom stereocenters. The summed E-state index contributed by atoms with van der Waals surface area (Å²) in [7, 11) is 0. The molecule has 2 heterocycles. The van der Waals surface area contributed by atoms with Gasteiger partial charge in [0.05, 0.1) is 17.1 Å². The number of unbranched alkanes of at least 4 members (excludes halogenated alkanes) is 1. The summed E-state index contributed by atoms with van der Waals surface area (Å²) in [6.45, 7) is 2.24. The molecule has 2 aromatic rings. The fourth-order valence-electron chi connectivity index (χ4n) is 2.57. The standard InChI is InChI=1S/C21H20N2O4S3/c1-2-3-10-27-20(26)14-6-8-15(9-7-14)22-18(24)13-23-19(25)17(30-21(23)28)12-16-5-4-11-29-16/h4-9,11-12H,2-3,10,13H2,1H3,(H,22,24). The number of ether oxygens (including phenoxy) is 1. The monoisotopic (exact) mass is 460 g/mol. The van der Waals surface area contributed by atoms with Crippen LogP contribution in [0.3, 0.4) is 0 Å². The minimum atomic E-state index is -0.392. The molecule has 1 aromatic carbocycles. The summed E-state index contributed by atoms with van der Waals surface area (Å²) in [4.78, 5) is 39.6. The fraction of sp³-hybridized carbons (Fsp3) is 0.238. The number of benzene rings is 1. The zero-order chi connectivity index (χ0) is 21.5. The van der Waals surface area contributed by atoms with Gasteiger partial charge in [0.1, 0.15) is 10.9 Å². The number of nitrogens with one attached hydrogen (secondary N) is 1. The van der Waals surface area contributed by atoms with Crippen molar-refractivity contribution in [1.82, 2.24) is 4.90 Å². The Bertz CT molecular complexity index is 969. The minimum Gasteiger partial charge on any atom is -0.462 e. The summed E-state index contributed by atoms with van der Waals surface area (Å²) < 4.78 is 5.51. The molecule has 1 saturated heterocycles. The van der Waals surface area contributed by atoms with E-state index < -0.39 is 5.97 Å². The molecular formula is C21H20N2O4S3. The number of anilines is 1. The number of thiocarbonyl (C=S) groups is 1. The molecule has 0 atom stereocenters. The molecule has 6 nitrogen and oxygen atoms in total. The highest BCUT2D eigenvalue weighted by Gasteiger charge is 2.33. The Morgan fingerprint density at radius 2 is 2.00 bits per heavy atom. The third kappa shape index (κ3) is 5.78. The zero-order valence-corrected chi connectivity index (χ0v) is 18.7. The van der Waals surface area contributed by atoms with Crippen LogP contribution >= 0.6 is 35.3 Å². The summed E-state index contributed by atoms with van der Waals surface area (Å²) in [5.41, 5.74) is 0.935. The Labute approximate surface area is 188 Å². The van der Waals surface area contributed by atoms with E-state index >= 15 is 0 Å². The summed E-state index contributed by atoms with van der Waals surface area (Å²) in [6, 6.07) is 10.2. The lowest BCUT2D eigenvalue weighted by atomic mass is 10.2. The van der Waals surface area contributed by atoms with Gasteiger partial charge >= 0.3 is 5.97 Å². The number of amides is 2. The predicted octanol–water partition coefficient (Wildman–Crippen LogP) is 4.54. The van der Waals surface area contributed by atoms with Crippen molar-refractivity contribution >= 4 is 69.2 Å². The summed E-state index contributed by atoms with van der Waals surface area (Å²) >= 11 is 7.97. The van der Waals surface area contributed by atoms with E-state index in [1.807, 2.05) is 24.4 Å². The maximum Gasteiger partial charge on any atom is 0.338 e. The number of thiophene rings is 1. The molecular weight excluding hydrogens is 440 g/mol. The highest BCUT2D eigenvalue weighted by molar-refractivity contribution is 8.26. The lowest BCUT2D eigenvalue weighted by Gasteiger charge is -2.14. The van der Waals surface area contributed by atoms with Crippen LogP contribution in [0.4, 0.5) is 5.69 Å². The molecule has 0 aliphatic carbocycles. The van der Waals surface area contributed by atoms with Gasteiger partial charge in [0.25, 0.3) is 5.91 Å². The normalized spacial score (nSPS) is 15.0. The Kier molecular flexibility index (Phi) is 7.78. The molecule has 1 aromatic heterocycles.